The van der Waals surface area contributed by atoms with Gasteiger partial charge in [0.15, 0.2) is 5.76 Å². The Bertz CT molecular complexity index is 1360. The van der Waals surface area contributed by atoms with Gasteiger partial charge < -0.3 is 18.8 Å². The van der Waals surface area contributed by atoms with Gasteiger partial charge in [-0.3, -0.25) is 14.1 Å². The summed E-state index contributed by atoms with van der Waals surface area (Å²) in [7, 11) is -0.901. The van der Waals surface area contributed by atoms with Crippen LogP contribution in [-0.4, -0.2) is 66.0 Å². The van der Waals surface area contributed by atoms with Gasteiger partial charge in [-0.15, -0.1) is 10.2 Å². The molecule has 2 fully saturated rings. The number of methoxy groups -OCH3 is 2. The normalized spacial score (nSPS) is 20.2. The summed E-state index contributed by atoms with van der Waals surface area (Å²) in [6, 6.07) is 8.87. The minimum atomic E-state index is -3.92. The van der Waals surface area contributed by atoms with Crippen LogP contribution in [0.3, 0.4) is 0 Å². The first-order valence-corrected chi connectivity index (χ1v) is 13.4. The summed E-state index contributed by atoms with van der Waals surface area (Å²) in [6.45, 7) is 1.96. The van der Waals surface area contributed by atoms with Gasteiger partial charge in [0.1, 0.15) is 22.9 Å². The van der Waals surface area contributed by atoms with Crippen molar-refractivity contribution in [2.45, 2.75) is 50.3 Å². The van der Waals surface area contributed by atoms with Crippen LogP contribution in [0.5, 0.6) is 11.5 Å². The molecule has 1 N–H and O–H groups in total. The van der Waals surface area contributed by atoms with E-state index in [4.69, 9.17) is 13.9 Å². The third kappa shape index (κ3) is 4.29. The number of piperidine rings is 2. The third-order valence-corrected chi connectivity index (χ3v) is 8.56. The zero-order valence-corrected chi connectivity index (χ0v) is 21.2. The van der Waals surface area contributed by atoms with Gasteiger partial charge in [0.25, 0.3) is 0 Å². The Hall–Kier alpha value is -3.54. The van der Waals surface area contributed by atoms with E-state index in [2.05, 4.69) is 14.9 Å². The number of para-hydroxylation sites is 1. The fourth-order valence-corrected chi connectivity index (χ4v) is 6.38. The molecule has 4 heterocycles. The van der Waals surface area contributed by atoms with Crippen LogP contribution in [0.1, 0.15) is 37.9 Å². The van der Waals surface area contributed by atoms with Crippen molar-refractivity contribution < 1.29 is 27.1 Å². The average molecular weight is 516 g/mol. The van der Waals surface area contributed by atoms with Crippen LogP contribution in [0.4, 0.5) is 5.95 Å². The number of fused-ring (bicyclic) bond motifs is 1. The highest BCUT2D eigenvalue weighted by molar-refractivity contribution is 7.93. The highest BCUT2D eigenvalue weighted by Gasteiger charge is 2.40. The topological polar surface area (TPSA) is 129 Å². The number of nitrogens with one attached hydrogen (secondary N) is 1. The summed E-state index contributed by atoms with van der Waals surface area (Å²) < 4.78 is 48.2. The maximum atomic E-state index is 13.6. The van der Waals surface area contributed by atoms with E-state index in [-0.39, 0.29) is 30.3 Å². The van der Waals surface area contributed by atoms with Gasteiger partial charge in [0.05, 0.1) is 19.5 Å². The first kappa shape index (κ1) is 24.2. The van der Waals surface area contributed by atoms with Crippen molar-refractivity contribution in [1.82, 2.24) is 19.7 Å². The van der Waals surface area contributed by atoms with Gasteiger partial charge >= 0.3 is 0 Å². The minimum Gasteiger partial charge on any atom is -0.494 e. The maximum absolute atomic E-state index is 13.6. The fraction of sp³-hybridized carbons (Fsp3) is 0.458. The molecule has 3 aromatic rings. The molecule has 1 amide bonds. The van der Waals surface area contributed by atoms with Crippen molar-refractivity contribution in [1.29, 1.82) is 0 Å². The van der Waals surface area contributed by atoms with Gasteiger partial charge in [-0.2, -0.15) is 0 Å². The SMILES string of the molecule is COc1cccc(OC)c1-n1c(NS(=O)(=O)[C@@H]2CC[C@H]3CCCC(=O)N3C2)nnc1-c1ccc(C)o1. The number of rotatable bonds is 7. The van der Waals surface area contributed by atoms with Gasteiger partial charge in [-0.05, 0) is 56.9 Å². The van der Waals surface area contributed by atoms with Crippen LogP contribution in [0, 0.1) is 6.92 Å². The Balaban J connectivity index is 1.56. The molecule has 36 heavy (non-hydrogen) atoms. The zero-order chi connectivity index (χ0) is 25.4. The maximum Gasteiger partial charge on any atom is 0.243 e. The Labute approximate surface area is 209 Å². The lowest BCUT2D eigenvalue weighted by Crippen LogP contribution is -2.53. The molecule has 2 saturated heterocycles. The molecule has 5 rings (SSSR count). The molecule has 0 spiro atoms. The second kappa shape index (κ2) is 9.49. The van der Waals surface area contributed by atoms with E-state index in [9.17, 15) is 13.2 Å². The largest absolute Gasteiger partial charge is 0.494 e. The fourth-order valence-electron chi connectivity index (χ4n) is 5.02. The number of benzene rings is 1. The lowest BCUT2D eigenvalue weighted by molar-refractivity contribution is -0.137. The summed E-state index contributed by atoms with van der Waals surface area (Å²) in [6.07, 6.45) is 3.35. The Morgan fingerprint density at radius 2 is 1.81 bits per heavy atom. The first-order valence-electron chi connectivity index (χ1n) is 11.9. The van der Waals surface area contributed by atoms with Crippen LogP contribution in [-0.2, 0) is 14.8 Å². The molecule has 12 heteroatoms. The number of sulfonamides is 1. The van der Waals surface area contributed by atoms with Crippen molar-refractivity contribution in [3.63, 3.8) is 0 Å². The second-order valence-electron chi connectivity index (χ2n) is 9.04. The number of aryl methyl sites for hydroxylation is 1. The molecule has 2 aromatic heterocycles. The monoisotopic (exact) mass is 515 g/mol. The minimum absolute atomic E-state index is 0.0172. The summed E-state index contributed by atoms with van der Waals surface area (Å²) >= 11 is 0. The molecule has 1 aromatic carbocycles. The summed E-state index contributed by atoms with van der Waals surface area (Å²) in [5.41, 5.74) is 0.421. The van der Waals surface area contributed by atoms with Gasteiger partial charge in [-0.1, -0.05) is 6.07 Å². The van der Waals surface area contributed by atoms with Gasteiger partial charge in [-0.25, -0.2) is 8.42 Å². The Morgan fingerprint density at radius 3 is 2.47 bits per heavy atom. The van der Waals surface area contributed by atoms with Crippen molar-refractivity contribution in [3.8, 4) is 28.8 Å². The molecule has 0 radical (unpaired) electrons. The molecule has 0 saturated carbocycles. The van der Waals surface area contributed by atoms with Gasteiger partial charge in [0, 0.05) is 19.0 Å². The first-order chi connectivity index (χ1) is 17.3. The molecule has 2 aliphatic heterocycles. The lowest BCUT2D eigenvalue weighted by atomic mass is 9.93. The number of hydrogen-bond acceptors (Lipinski definition) is 8. The lowest BCUT2D eigenvalue weighted by Gasteiger charge is -2.42. The van der Waals surface area contributed by atoms with Crippen LogP contribution in [0.25, 0.3) is 17.3 Å². The Kier molecular flexibility index (Phi) is 6.37. The molecule has 0 unspecified atom stereocenters. The summed E-state index contributed by atoms with van der Waals surface area (Å²) in [4.78, 5) is 14.2. The molecule has 0 aliphatic carbocycles. The van der Waals surface area contributed by atoms with Crippen LogP contribution in [0.15, 0.2) is 34.7 Å². The standard InChI is InChI=1S/C24H29N5O6S/c1-15-10-13-20(35-15)23-25-26-24(29(23)22-18(33-2)7-5-8-19(22)34-3)27-36(31,32)17-12-11-16-6-4-9-21(30)28(16)14-17/h5,7-8,10,13,16-17H,4,6,9,11-12,14H2,1-3H3,(H,26,27)/t16-,17-/m1/s1. The molecule has 192 valence electrons. The molecule has 2 aliphatic rings. The third-order valence-electron chi connectivity index (χ3n) is 6.83. The van der Waals surface area contributed by atoms with E-state index >= 15 is 0 Å². The number of ether oxygens (including phenoxy) is 2. The highest BCUT2D eigenvalue weighted by Crippen LogP contribution is 2.38. The van der Waals surface area contributed by atoms with E-state index in [1.807, 2.05) is 0 Å². The number of nitrogens with zero attached hydrogens (tertiary/aromatic N) is 4. The van der Waals surface area contributed by atoms with Crippen LogP contribution >= 0.6 is 0 Å². The number of furan rings is 1. The number of aromatic nitrogens is 3. The number of hydrogen-bond donors (Lipinski definition) is 1. The predicted molar refractivity (Wildman–Crippen MR) is 132 cm³/mol. The molecule has 2 atom stereocenters. The van der Waals surface area contributed by atoms with Crippen LogP contribution < -0.4 is 14.2 Å². The highest BCUT2D eigenvalue weighted by atomic mass is 32.2. The smallest absolute Gasteiger partial charge is 0.243 e. The van der Waals surface area contributed by atoms with E-state index in [1.54, 1.807) is 42.2 Å². The second-order valence-corrected chi connectivity index (χ2v) is 11.0. The number of carbonyl (C=O) groups is 1. The van der Waals surface area contributed by atoms with Crippen molar-refractivity contribution in [3.05, 3.63) is 36.1 Å². The van der Waals surface area contributed by atoms with E-state index in [1.165, 1.54) is 18.8 Å². The van der Waals surface area contributed by atoms with E-state index in [0.29, 0.717) is 48.0 Å². The number of amides is 1. The number of anilines is 1. The van der Waals surface area contributed by atoms with Crippen LogP contribution in [0.2, 0.25) is 0 Å². The predicted octanol–water partition coefficient (Wildman–Crippen LogP) is 3.14. The van der Waals surface area contributed by atoms with Crippen molar-refractivity contribution in [2.24, 2.45) is 0 Å². The zero-order valence-electron chi connectivity index (χ0n) is 20.4. The van der Waals surface area contributed by atoms with Crippen molar-refractivity contribution in [2.75, 3.05) is 25.5 Å². The molecule has 0 bridgehead atoms. The average Bonchev–Trinajstić information content (AvgIpc) is 3.48. The molecular formula is C24H29N5O6S. The quantitative estimate of drug-likeness (QED) is 0.508. The Morgan fingerprint density at radius 1 is 1.06 bits per heavy atom. The molecular weight excluding hydrogens is 486 g/mol. The van der Waals surface area contributed by atoms with E-state index < -0.39 is 15.3 Å². The van der Waals surface area contributed by atoms with Crippen molar-refractivity contribution >= 4 is 21.9 Å². The number of carbonyl (C=O) groups excluding carboxylic acids is 1. The van der Waals surface area contributed by atoms with Gasteiger partial charge in [0.2, 0.25) is 27.7 Å². The van der Waals surface area contributed by atoms with E-state index in [0.717, 1.165) is 12.8 Å². The molecule has 11 nitrogen and oxygen atoms in total. The summed E-state index contributed by atoms with van der Waals surface area (Å²) in [5.74, 6) is 2.18. The summed E-state index contributed by atoms with van der Waals surface area (Å²) in [5, 5.41) is 7.66.